The largest absolute Gasteiger partial charge is 0.480 e. The van der Waals surface area contributed by atoms with E-state index in [0.717, 1.165) is 6.07 Å². The van der Waals surface area contributed by atoms with Crippen LogP contribution in [0.5, 0.6) is 0 Å². The van der Waals surface area contributed by atoms with Crippen LogP contribution in [0.15, 0.2) is 18.2 Å². The standard InChI is InChI=1S/C13H15FN2O3/c1-13(12(18)19)6-3-7-16(13)11(17)8-4-2-5-9(14)10(8)15/h2,4-5H,3,6-7,15H2,1H3,(H,18,19). The molecule has 0 saturated carbocycles. The number of hydrogen-bond donors (Lipinski definition) is 2. The van der Waals surface area contributed by atoms with Crippen LogP contribution in [0.2, 0.25) is 0 Å². The van der Waals surface area contributed by atoms with Gasteiger partial charge in [0.05, 0.1) is 11.3 Å². The molecule has 1 aromatic carbocycles. The highest BCUT2D eigenvalue weighted by atomic mass is 19.1. The second-order valence-electron chi connectivity index (χ2n) is 4.84. The lowest BCUT2D eigenvalue weighted by Gasteiger charge is -2.31. The van der Waals surface area contributed by atoms with Gasteiger partial charge in [-0.1, -0.05) is 6.07 Å². The van der Waals surface area contributed by atoms with Crippen molar-refractivity contribution in [3.8, 4) is 0 Å². The van der Waals surface area contributed by atoms with Crippen LogP contribution in [0.4, 0.5) is 10.1 Å². The Morgan fingerprint density at radius 2 is 2.16 bits per heavy atom. The summed E-state index contributed by atoms with van der Waals surface area (Å²) in [6.45, 7) is 1.83. The van der Waals surface area contributed by atoms with Crippen LogP contribution in [0.25, 0.3) is 0 Å². The molecule has 2 rings (SSSR count). The van der Waals surface area contributed by atoms with Crippen molar-refractivity contribution < 1.29 is 19.1 Å². The summed E-state index contributed by atoms with van der Waals surface area (Å²) in [5, 5.41) is 9.26. The number of anilines is 1. The van der Waals surface area contributed by atoms with Gasteiger partial charge in [-0.2, -0.15) is 0 Å². The maximum atomic E-state index is 13.4. The predicted octanol–water partition coefficient (Wildman–Crippen LogP) is 1.49. The van der Waals surface area contributed by atoms with E-state index >= 15 is 0 Å². The number of amides is 1. The molecule has 0 bridgehead atoms. The summed E-state index contributed by atoms with van der Waals surface area (Å²) >= 11 is 0. The number of benzene rings is 1. The Labute approximate surface area is 109 Å². The van der Waals surface area contributed by atoms with Gasteiger partial charge in [0.1, 0.15) is 11.4 Å². The first kappa shape index (κ1) is 13.3. The first-order valence-electron chi connectivity index (χ1n) is 5.97. The molecule has 19 heavy (non-hydrogen) atoms. The number of carbonyl (C=O) groups excluding carboxylic acids is 1. The topological polar surface area (TPSA) is 83.6 Å². The Balaban J connectivity index is 2.39. The fraction of sp³-hybridized carbons (Fsp3) is 0.385. The lowest BCUT2D eigenvalue weighted by atomic mass is 9.98. The number of nitrogens with zero attached hydrogens (tertiary/aromatic N) is 1. The molecule has 102 valence electrons. The van der Waals surface area contributed by atoms with Crippen molar-refractivity contribution in [3.05, 3.63) is 29.6 Å². The zero-order valence-corrected chi connectivity index (χ0v) is 10.5. The molecule has 1 amide bonds. The van der Waals surface area contributed by atoms with E-state index in [-0.39, 0.29) is 11.3 Å². The molecule has 1 fully saturated rings. The Kier molecular flexibility index (Phi) is 3.18. The highest BCUT2D eigenvalue weighted by molar-refractivity contribution is 6.02. The summed E-state index contributed by atoms with van der Waals surface area (Å²) in [5.74, 6) is -2.28. The van der Waals surface area contributed by atoms with E-state index < -0.39 is 23.2 Å². The van der Waals surface area contributed by atoms with Crippen LogP contribution in [-0.2, 0) is 4.79 Å². The first-order valence-corrected chi connectivity index (χ1v) is 5.97. The Morgan fingerprint density at radius 1 is 1.47 bits per heavy atom. The first-order chi connectivity index (χ1) is 8.88. The Hall–Kier alpha value is -2.11. The average molecular weight is 266 g/mol. The molecule has 0 aliphatic carbocycles. The Morgan fingerprint density at radius 3 is 2.79 bits per heavy atom. The number of halogens is 1. The van der Waals surface area contributed by atoms with Crippen molar-refractivity contribution in [2.24, 2.45) is 0 Å². The number of likely N-dealkylation sites (tertiary alicyclic amines) is 1. The number of nitrogens with two attached hydrogens (primary N) is 1. The number of nitrogen functional groups attached to an aromatic ring is 1. The van der Waals surface area contributed by atoms with Gasteiger partial charge in [-0.05, 0) is 31.9 Å². The van der Waals surface area contributed by atoms with E-state index in [2.05, 4.69) is 0 Å². The summed E-state index contributed by atoms with van der Waals surface area (Å²) in [4.78, 5) is 24.9. The molecule has 3 N–H and O–H groups in total. The smallest absolute Gasteiger partial charge is 0.329 e. The lowest BCUT2D eigenvalue weighted by Crippen LogP contribution is -2.50. The van der Waals surface area contributed by atoms with Gasteiger partial charge >= 0.3 is 5.97 Å². The van der Waals surface area contributed by atoms with E-state index in [9.17, 15) is 19.1 Å². The number of aliphatic carboxylic acids is 1. The average Bonchev–Trinajstić information content (AvgIpc) is 2.75. The molecule has 1 aliphatic rings. The van der Waals surface area contributed by atoms with Gasteiger partial charge < -0.3 is 15.7 Å². The van der Waals surface area contributed by atoms with E-state index in [0.29, 0.717) is 19.4 Å². The van der Waals surface area contributed by atoms with Gasteiger partial charge in [0.2, 0.25) is 0 Å². The third kappa shape index (κ3) is 2.03. The van der Waals surface area contributed by atoms with Crippen LogP contribution in [-0.4, -0.2) is 34.0 Å². The summed E-state index contributed by atoms with van der Waals surface area (Å²) in [6, 6.07) is 3.95. The van der Waals surface area contributed by atoms with Crippen molar-refractivity contribution in [2.75, 3.05) is 12.3 Å². The van der Waals surface area contributed by atoms with Crippen molar-refractivity contribution in [3.63, 3.8) is 0 Å². The van der Waals surface area contributed by atoms with Crippen LogP contribution in [0.3, 0.4) is 0 Å². The molecule has 0 radical (unpaired) electrons. The third-order valence-corrected chi connectivity index (χ3v) is 3.63. The quantitative estimate of drug-likeness (QED) is 0.794. The van der Waals surface area contributed by atoms with Gasteiger partial charge in [0.25, 0.3) is 5.91 Å². The second-order valence-corrected chi connectivity index (χ2v) is 4.84. The van der Waals surface area contributed by atoms with Crippen LogP contribution in [0.1, 0.15) is 30.1 Å². The molecule has 1 saturated heterocycles. The number of hydrogen-bond acceptors (Lipinski definition) is 3. The SMILES string of the molecule is CC1(C(=O)O)CCCN1C(=O)c1cccc(F)c1N. The van der Waals surface area contributed by atoms with Crippen molar-refractivity contribution in [1.29, 1.82) is 0 Å². The second kappa shape index (κ2) is 4.53. The number of carboxylic acids is 1. The maximum absolute atomic E-state index is 13.4. The molecular formula is C13H15FN2O3. The monoisotopic (exact) mass is 266 g/mol. The summed E-state index contributed by atoms with van der Waals surface area (Å²) in [5.41, 5.74) is 4.06. The van der Waals surface area contributed by atoms with Crippen LogP contribution < -0.4 is 5.73 Å². The number of carboxylic acid groups (broad SMARTS) is 1. The highest BCUT2D eigenvalue weighted by Crippen LogP contribution is 2.32. The molecule has 0 aromatic heterocycles. The van der Waals surface area contributed by atoms with Crippen molar-refractivity contribution >= 4 is 17.6 Å². The van der Waals surface area contributed by atoms with Crippen LogP contribution in [0, 0.1) is 5.82 Å². The van der Waals surface area contributed by atoms with Gasteiger partial charge in [0, 0.05) is 6.54 Å². The maximum Gasteiger partial charge on any atom is 0.329 e. The van der Waals surface area contributed by atoms with E-state index in [1.165, 1.54) is 24.0 Å². The van der Waals surface area contributed by atoms with E-state index in [4.69, 9.17) is 5.73 Å². The zero-order chi connectivity index (χ0) is 14.2. The molecule has 1 atom stereocenters. The molecule has 6 heteroatoms. The fourth-order valence-corrected chi connectivity index (χ4v) is 2.38. The number of para-hydroxylation sites is 1. The fourth-order valence-electron chi connectivity index (χ4n) is 2.38. The van der Waals surface area contributed by atoms with Crippen LogP contribution >= 0.6 is 0 Å². The van der Waals surface area contributed by atoms with E-state index in [1.807, 2.05) is 0 Å². The summed E-state index contributed by atoms with van der Waals surface area (Å²) in [7, 11) is 0. The molecular weight excluding hydrogens is 251 g/mol. The minimum atomic E-state index is -1.25. The van der Waals surface area contributed by atoms with Gasteiger partial charge in [-0.25, -0.2) is 9.18 Å². The van der Waals surface area contributed by atoms with Gasteiger partial charge in [-0.3, -0.25) is 4.79 Å². The Bertz CT molecular complexity index is 547. The third-order valence-electron chi connectivity index (χ3n) is 3.63. The van der Waals surface area contributed by atoms with Crippen molar-refractivity contribution in [1.82, 2.24) is 4.90 Å². The molecule has 1 aromatic rings. The molecule has 1 aliphatic heterocycles. The molecule has 5 nitrogen and oxygen atoms in total. The molecule has 1 heterocycles. The van der Waals surface area contributed by atoms with Gasteiger partial charge in [-0.15, -0.1) is 0 Å². The predicted molar refractivity (Wildman–Crippen MR) is 67.1 cm³/mol. The van der Waals surface area contributed by atoms with Gasteiger partial charge in [0.15, 0.2) is 0 Å². The zero-order valence-electron chi connectivity index (χ0n) is 10.5. The van der Waals surface area contributed by atoms with E-state index in [1.54, 1.807) is 0 Å². The minimum absolute atomic E-state index is 0.00868. The number of carbonyl (C=O) groups is 2. The molecule has 0 spiro atoms. The highest BCUT2D eigenvalue weighted by Gasteiger charge is 2.46. The normalized spacial score (nSPS) is 22.5. The molecule has 1 unspecified atom stereocenters. The summed E-state index contributed by atoms with van der Waals surface area (Å²) in [6.07, 6.45) is 0.979. The minimum Gasteiger partial charge on any atom is -0.480 e. The summed E-state index contributed by atoms with van der Waals surface area (Å²) < 4.78 is 13.4. The lowest BCUT2D eigenvalue weighted by molar-refractivity contribution is -0.147. The van der Waals surface area contributed by atoms with Crippen molar-refractivity contribution in [2.45, 2.75) is 25.3 Å². The number of rotatable bonds is 2.